The highest BCUT2D eigenvalue weighted by atomic mass is 16.7. The first-order valence-electron chi connectivity index (χ1n) is 20.0. The van der Waals surface area contributed by atoms with Gasteiger partial charge in [0.05, 0.1) is 32.0 Å². The molecular formula is C39H62O13. The molecule has 0 radical (unpaired) electrons. The predicted octanol–water partition coefficient (Wildman–Crippen LogP) is 1.36. The van der Waals surface area contributed by atoms with E-state index >= 15 is 0 Å². The molecule has 13 nitrogen and oxygen atoms in total. The third-order valence-corrected chi connectivity index (χ3v) is 15.6. The van der Waals surface area contributed by atoms with Crippen LogP contribution in [0.3, 0.4) is 0 Å². The van der Waals surface area contributed by atoms with Crippen LogP contribution < -0.4 is 0 Å². The molecule has 0 amide bonds. The molecule has 4 saturated heterocycles. The highest BCUT2D eigenvalue weighted by Crippen LogP contribution is 2.70. The van der Waals surface area contributed by atoms with Crippen LogP contribution >= 0.6 is 0 Å². The fourth-order valence-electron chi connectivity index (χ4n) is 12.6. The number of fused-ring (bicyclic) bond motifs is 7. The fourth-order valence-corrected chi connectivity index (χ4v) is 12.6. The SMILES string of the molecule is C[C@@H]1CC[C@@]2(OC1)OC1CC3C4CC=C5C[C@@H](O[C@@H]6O[C@H](CO)[C@@H](O[C@H]7O[C@H](CO)[C@@H](O)[C@H](O)[C@H]7O)[C@H](O)[C@H]6O)CC[C@]5(C)C4CC[C@]3(C)C1[C@@H]2C. The van der Waals surface area contributed by atoms with E-state index in [2.05, 4.69) is 33.8 Å². The average Bonchev–Trinajstić information content (AvgIpc) is 3.58. The molecule has 4 aliphatic carbocycles. The number of ether oxygens (including phenoxy) is 6. The Labute approximate surface area is 306 Å². The van der Waals surface area contributed by atoms with Crippen LogP contribution in [0.15, 0.2) is 11.6 Å². The van der Waals surface area contributed by atoms with Crippen LogP contribution in [0, 0.1) is 46.3 Å². The summed E-state index contributed by atoms with van der Waals surface area (Å²) >= 11 is 0. The molecule has 7 fully saturated rings. The van der Waals surface area contributed by atoms with Crippen molar-refractivity contribution in [1.29, 1.82) is 0 Å². The minimum absolute atomic E-state index is 0.0572. The molecule has 8 rings (SSSR count). The zero-order chi connectivity index (χ0) is 36.9. The van der Waals surface area contributed by atoms with Gasteiger partial charge in [0.1, 0.15) is 48.8 Å². The van der Waals surface area contributed by atoms with Gasteiger partial charge in [-0.05, 0) is 91.8 Å². The predicted molar refractivity (Wildman–Crippen MR) is 183 cm³/mol. The number of aliphatic hydroxyl groups is 7. The summed E-state index contributed by atoms with van der Waals surface area (Å²) in [5.41, 5.74) is 1.70. The van der Waals surface area contributed by atoms with Crippen molar-refractivity contribution >= 4 is 0 Å². The minimum Gasteiger partial charge on any atom is -0.394 e. The lowest BCUT2D eigenvalue weighted by Gasteiger charge is -2.58. The molecule has 8 aliphatic rings. The lowest BCUT2D eigenvalue weighted by atomic mass is 9.47. The molecule has 0 aromatic heterocycles. The van der Waals surface area contributed by atoms with Gasteiger partial charge in [-0.25, -0.2) is 0 Å². The van der Waals surface area contributed by atoms with Crippen molar-refractivity contribution < 1.29 is 64.2 Å². The van der Waals surface area contributed by atoms with Gasteiger partial charge in [-0.2, -0.15) is 0 Å². The second-order valence-corrected chi connectivity index (χ2v) is 18.3. The van der Waals surface area contributed by atoms with Gasteiger partial charge in [0.25, 0.3) is 0 Å². The van der Waals surface area contributed by atoms with Crippen molar-refractivity contribution in [2.45, 2.75) is 165 Å². The molecule has 21 atom stereocenters. The van der Waals surface area contributed by atoms with E-state index in [0.29, 0.717) is 41.9 Å². The van der Waals surface area contributed by atoms with Crippen molar-refractivity contribution in [3.63, 3.8) is 0 Å². The Hall–Kier alpha value is -0.780. The summed E-state index contributed by atoms with van der Waals surface area (Å²) in [4.78, 5) is 0. The van der Waals surface area contributed by atoms with Gasteiger partial charge in [-0.15, -0.1) is 0 Å². The van der Waals surface area contributed by atoms with E-state index in [0.717, 1.165) is 38.7 Å². The smallest absolute Gasteiger partial charge is 0.187 e. The molecule has 4 aliphatic heterocycles. The van der Waals surface area contributed by atoms with E-state index < -0.39 is 80.4 Å². The van der Waals surface area contributed by atoms with Gasteiger partial charge in [0.15, 0.2) is 18.4 Å². The van der Waals surface area contributed by atoms with E-state index in [9.17, 15) is 35.7 Å². The molecule has 7 N–H and O–H groups in total. The maximum absolute atomic E-state index is 11.1. The zero-order valence-electron chi connectivity index (χ0n) is 31.0. The van der Waals surface area contributed by atoms with E-state index in [-0.39, 0.29) is 23.0 Å². The molecule has 3 saturated carbocycles. The topological polar surface area (TPSA) is 197 Å². The second-order valence-electron chi connectivity index (χ2n) is 18.3. The Balaban J connectivity index is 0.913. The van der Waals surface area contributed by atoms with Gasteiger partial charge >= 0.3 is 0 Å². The first-order chi connectivity index (χ1) is 24.7. The molecule has 5 unspecified atom stereocenters. The van der Waals surface area contributed by atoms with Gasteiger partial charge in [0.2, 0.25) is 0 Å². The summed E-state index contributed by atoms with van der Waals surface area (Å²) in [7, 11) is 0. The van der Waals surface area contributed by atoms with Gasteiger partial charge < -0.3 is 64.2 Å². The normalized spacial score (nSPS) is 57.5. The van der Waals surface area contributed by atoms with Crippen LogP contribution in [0.2, 0.25) is 0 Å². The van der Waals surface area contributed by atoms with Crippen LogP contribution in [0.25, 0.3) is 0 Å². The molecule has 0 bridgehead atoms. The van der Waals surface area contributed by atoms with Crippen molar-refractivity contribution in [2.24, 2.45) is 46.3 Å². The number of rotatable bonds is 6. The maximum atomic E-state index is 11.1. The summed E-state index contributed by atoms with van der Waals surface area (Å²) < 4.78 is 36.9. The quantitative estimate of drug-likeness (QED) is 0.193. The highest BCUT2D eigenvalue weighted by Gasteiger charge is 2.68. The van der Waals surface area contributed by atoms with Crippen molar-refractivity contribution in [3.8, 4) is 0 Å². The molecule has 1 spiro atoms. The van der Waals surface area contributed by atoms with E-state index in [1.54, 1.807) is 0 Å². The lowest BCUT2D eigenvalue weighted by molar-refractivity contribution is -0.363. The zero-order valence-corrected chi connectivity index (χ0v) is 31.0. The first kappa shape index (κ1) is 38.1. The van der Waals surface area contributed by atoms with Gasteiger partial charge in [-0.3, -0.25) is 0 Å². The van der Waals surface area contributed by atoms with Crippen LogP contribution in [0.4, 0.5) is 0 Å². The number of aliphatic hydroxyl groups excluding tert-OH is 7. The molecule has 0 aromatic rings. The van der Waals surface area contributed by atoms with Gasteiger partial charge in [-0.1, -0.05) is 39.3 Å². The highest BCUT2D eigenvalue weighted by molar-refractivity contribution is 5.26. The molecule has 296 valence electrons. The molecule has 52 heavy (non-hydrogen) atoms. The minimum atomic E-state index is -1.72. The Kier molecular flexibility index (Phi) is 10.3. The summed E-state index contributed by atoms with van der Waals surface area (Å²) in [6, 6.07) is 0. The van der Waals surface area contributed by atoms with E-state index in [1.165, 1.54) is 24.8 Å². The van der Waals surface area contributed by atoms with Crippen molar-refractivity contribution in [2.75, 3.05) is 19.8 Å². The summed E-state index contributed by atoms with van der Waals surface area (Å²) in [6.07, 6.45) is -3.06. The number of hydrogen-bond acceptors (Lipinski definition) is 13. The fraction of sp³-hybridized carbons (Fsp3) is 0.949. The van der Waals surface area contributed by atoms with Crippen LogP contribution in [-0.4, -0.2) is 135 Å². The van der Waals surface area contributed by atoms with Crippen molar-refractivity contribution in [3.05, 3.63) is 11.6 Å². The van der Waals surface area contributed by atoms with E-state index in [4.69, 9.17) is 28.4 Å². The Bertz CT molecular complexity index is 1320. The maximum Gasteiger partial charge on any atom is 0.187 e. The summed E-state index contributed by atoms with van der Waals surface area (Å²) in [5, 5.41) is 72.7. The van der Waals surface area contributed by atoms with Crippen LogP contribution in [0.1, 0.15) is 85.5 Å². The second kappa shape index (κ2) is 14.0. The number of allylic oxidation sites excluding steroid dienone is 1. The van der Waals surface area contributed by atoms with E-state index in [1.807, 2.05) is 0 Å². The third-order valence-electron chi connectivity index (χ3n) is 15.6. The van der Waals surface area contributed by atoms with Gasteiger partial charge in [0, 0.05) is 12.3 Å². The molecule has 4 heterocycles. The van der Waals surface area contributed by atoms with Crippen molar-refractivity contribution in [1.82, 2.24) is 0 Å². The largest absolute Gasteiger partial charge is 0.394 e. The third kappa shape index (κ3) is 5.90. The average molecular weight is 739 g/mol. The molecular weight excluding hydrogens is 676 g/mol. The summed E-state index contributed by atoms with van der Waals surface area (Å²) in [6.45, 7) is 9.20. The molecule has 13 heteroatoms. The number of hydrogen-bond donors (Lipinski definition) is 7. The Morgan fingerprint density at radius 3 is 2.21 bits per heavy atom. The van der Waals surface area contributed by atoms with Crippen LogP contribution in [0.5, 0.6) is 0 Å². The Morgan fingerprint density at radius 1 is 0.788 bits per heavy atom. The summed E-state index contributed by atoms with van der Waals surface area (Å²) in [5.74, 6) is 2.92. The molecule has 0 aromatic carbocycles. The lowest BCUT2D eigenvalue weighted by Crippen LogP contribution is -2.65. The standard InChI is InChI=1S/C39H62O13/c1-18-7-12-39(47-17-18)19(2)28-25(52-39)14-24-22-6-5-20-13-21(8-10-37(20,3)23(22)9-11-38(24,28)4)48-35-33(46)31(44)34(27(16-41)50-35)51-36-32(45)30(43)29(42)26(15-40)49-36/h5,18-19,21-36,40-46H,6-17H2,1-4H3/t18-,19+,21+,22?,23?,24?,25?,26-,27-,28?,29-,30+,31-,32-,33-,34-,35-,36-,37+,38+,39-/m1/s1. The first-order valence-corrected chi connectivity index (χ1v) is 20.0. The van der Waals surface area contributed by atoms with Crippen LogP contribution in [-0.2, 0) is 28.4 Å². The monoisotopic (exact) mass is 738 g/mol. The Morgan fingerprint density at radius 2 is 1.50 bits per heavy atom.